The van der Waals surface area contributed by atoms with E-state index in [0.717, 1.165) is 24.4 Å². The van der Waals surface area contributed by atoms with Gasteiger partial charge in [0.2, 0.25) is 0 Å². The fraction of sp³-hybridized carbons (Fsp3) is 0.333. The van der Waals surface area contributed by atoms with Gasteiger partial charge in [-0.1, -0.05) is 30.3 Å². The highest BCUT2D eigenvalue weighted by Crippen LogP contribution is 2.43. The van der Waals surface area contributed by atoms with Gasteiger partial charge >= 0.3 is 0 Å². The zero-order chi connectivity index (χ0) is 8.44. The van der Waals surface area contributed by atoms with E-state index in [1.807, 2.05) is 30.3 Å². The smallest absolute Gasteiger partial charge is 0.176 e. The van der Waals surface area contributed by atoms with Crippen LogP contribution in [0.4, 0.5) is 0 Å². The first kappa shape index (κ1) is 8.03. The molecule has 64 valence electrons. The second kappa shape index (κ2) is 3.04. The Morgan fingerprint density at radius 3 is 2.58 bits per heavy atom. The summed E-state index contributed by atoms with van der Waals surface area (Å²) in [4.78, 5) is 0. The summed E-state index contributed by atoms with van der Waals surface area (Å²) < 4.78 is 12.1. The van der Waals surface area contributed by atoms with E-state index < -0.39 is 7.29 Å². The lowest BCUT2D eigenvalue weighted by atomic mass is 10.4. The molecule has 0 bridgehead atoms. The van der Waals surface area contributed by atoms with Crippen molar-refractivity contribution in [2.75, 3.05) is 12.7 Å². The van der Waals surface area contributed by atoms with Gasteiger partial charge in [-0.05, 0) is 6.42 Å². The summed E-state index contributed by atoms with van der Waals surface area (Å²) in [5.74, 6) is 0. The largest absolute Gasteiger partial charge is 0.302 e. The molecule has 1 saturated heterocycles. The van der Waals surface area contributed by atoms with E-state index >= 15 is 0 Å². The Kier molecular flexibility index (Phi) is 2.03. The van der Waals surface area contributed by atoms with E-state index in [0.29, 0.717) is 0 Å². The summed E-state index contributed by atoms with van der Waals surface area (Å²) >= 11 is 0. The molecule has 1 heterocycles. The molecule has 1 aromatic carbocycles. The van der Waals surface area contributed by atoms with Gasteiger partial charge in [0, 0.05) is 18.0 Å². The van der Waals surface area contributed by atoms with E-state index in [-0.39, 0.29) is 0 Å². The van der Waals surface area contributed by atoms with Crippen LogP contribution < -0.4 is 10.4 Å². The van der Waals surface area contributed by atoms with Gasteiger partial charge in [0.1, 0.15) is 0 Å². The average Bonchev–Trinajstić information content (AvgIpc) is 2.55. The molecule has 1 aliphatic heterocycles. The van der Waals surface area contributed by atoms with Crippen LogP contribution in [0.1, 0.15) is 6.42 Å². The molecule has 1 atom stereocenters. The van der Waals surface area contributed by atoms with Crippen LogP contribution in [0.15, 0.2) is 30.3 Å². The Labute approximate surface area is 72.4 Å². The third-order valence-electron chi connectivity index (χ3n) is 2.19. The predicted molar refractivity (Wildman–Crippen MR) is 51.2 cm³/mol. The topological polar surface area (TPSA) is 29.1 Å². The Balaban J connectivity index is 2.36. The standard InChI is InChI=1S/C9H12NOP/c11-12(8-4-7-10-12)9-5-2-1-3-6-9/h1-3,5-6H,4,7-8H2,(H,10,11). The first-order chi connectivity index (χ1) is 5.81. The van der Waals surface area contributed by atoms with Gasteiger partial charge in [-0.25, -0.2) is 0 Å². The molecule has 0 aromatic heterocycles. The minimum absolute atomic E-state index is 0.816. The normalized spacial score (nSPS) is 29.0. The Morgan fingerprint density at radius 1 is 1.25 bits per heavy atom. The highest BCUT2D eigenvalue weighted by Gasteiger charge is 2.27. The van der Waals surface area contributed by atoms with Crippen LogP contribution in [0.25, 0.3) is 0 Å². The van der Waals surface area contributed by atoms with E-state index in [4.69, 9.17) is 0 Å². The molecule has 0 saturated carbocycles. The maximum atomic E-state index is 12.1. The van der Waals surface area contributed by atoms with E-state index in [1.165, 1.54) is 0 Å². The molecule has 0 aliphatic carbocycles. The molecule has 12 heavy (non-hydrogen) atoms. The third-order valence-corrected chi connectivity index (χ3v) is 5.00. The zero-order valence-corrected chi connectivity index (χ0v) is 7.76. The van der Waals surface area contributed by atoms with E-state index in [9.17, 15) is 4.57 Å². The molecule has 1 N–H and O–H groups in total. The summed E-state index contributed by atoms with van der Waals surface area (Å²) in [7, 11) is -2.17. The molecule has 1 aromatic rings. The van der Waals surface area contributed by atoms with Crippen molar-refractivity contribution >= 4 is 12.6 Å². The molecule has 0 radical (unpaired) electrons. The van der Waals surface area contributed by atoms with Gasteiger partial charge < -0.3 is 4.57 Å². The first-order valence-corrected chi connectivity index (χ1v) is 6.10. The molecular weight excluding hydrogens is 169 g/mol. The average molecular weight is 181 g/mol. The van der Waals surface area contributed by atoms with Crippen LogP contribution in [-0.4, -0.2) is 12.7 Å². The quantitative estimate of drug-likeness (QED) is 0.666. The van der Waals surface area contributed by atoms with E-state index in [1.54, 1.807) is 0 Å². The van der Waals surface area contributed by atoms with Gasteiger partial charge in [0.15, 0.2) is 7.29 Å². The monoisotopic (exact) mass is 181 g/mol. The predicted octanol–water partition coefficient (Wildman–Crippen LogP) is 1.58. The van der Waals surface area contributed by atoms with Crippen molar-refractivity contribution in [3.63, 3.8) is 0 Å². The van der Waals surface area contributed by atoms with Crippen molar-refractivity contribution in [2.45, 2.75) is 6.42 Å². The molecule has 0 amide bonds. The lowest BCUT2D eigenvalue weighted by Gasteiger charge is -2.10. The fourth-order valence-corrected chi connectivity index (χ4v) is 3.91. The van der Waals surface area contributed by atoms with Crippen molar-refractivity contribution in [3.05, 3.63) is 30.3 Å². The molecule has 1 aliphatic rings. The Morgan fingerprint density at radius 2 is 2.00 bits per heavy atom. The number of hydrogen-bond donors (Lipinski definition) is 1. The minimum Gasteiger partial charge on any atom is -0.302 e. The van der Waals surface area contributed by atoms with Crippen molar-refractivity contribution in [1.29, 1.82) is 0 Å². The summed E-state index contributed by atoms with van der Waals surface area (Å²) in [6.07, 6.45) is 1.85. The Bertz CT molecular complexity index is 300. The molecule has 1 fully saturated rings. The molecule has 1 unspecified atom stereocenters. The fourth-order valence-electron chi connectivity index (χ4n) is 1.53. The maximum absolute atomic E-state index is 12.1. The molecule has 0 spiro atoms. The third kappa shape index (κ3) is 1.33. The molecule has 3 heteroatoms. The number of benzene rings is 1. The van der Waals surface area contributed by atoms with Gasteiger partial charge in [-0.15, -0.1) is 0 Å². The van der Waals surface area contributed by atoms with Gasteiger partial charge in [0.05, 0.1) is 0 Å². The highest BCUT2D eigenvalue weighted by molar-refractivity contribution is 7.69. The first-order valence-electron chi connectivity index (χ1n) is 4.21. The van der Waals surface area contributed by atoms with Gasteiger partial charge in [0.25, 0.3) is 0 Å². The van der Waals surface area contributed by atoms with Crippen molar-refractivity contribution in [3.8, 4) is 0 Å². The molecular formula is C9H12NOP. The zero-order valence-electron chi connectivity index (χ0n) is 6.86. The summed E-state index contributed by atoms with van der Waals surface area (Å²) in [5.41, 5.74) is 0. The lowest BCUT2D eigenvalue weighted by Crippen LogP contribution is -2.13. The Hall–Kier alpha value is -0.590. The van der Waals surface area contributed by atoms with Crippen molar-refractivity contribution in [1.82, 2.24) is 5.09 Å². The molecule has 2 nitrogen and oxygen atoms in total. The second-order valence-electron chi connectivity index (χ2n) is 3.06. The SMILES string of the molecule is O=P1(c2ccccc2)CCCN1. The van der Waals surface area contributed by atoms with E-state index in [2.05, 4.69) is 5.09 Å². The number of nitrogens with one attached hydrogen (secondary N) is 1. The number of rotatable bonds is 1. The lowest BCUT2D eigenvalue weighted by molar-refractivity contribution is 0.579. The van der Waals surface area contributed by atoms with Gasteiger partial charge in [-0.3, -0.25) is 5.09 Å². The summed E-state index contributed by atoms with van der Waals surface area (Å²) in [5, 5.41) is 4.08. The molecule has 2 rings (SSSR count). The minimum atomic E-state index is -2.17. The maximum Gasteiger partial charge on any atom is 0.176 e. The van der Waals surface area contributed by atoms with Crippen LogP contribution in [0, 0.1) is 0 Å². The number of hydrogen-bond acceptors (Lipinski definition) is 1. The summed E-state index contributed by atoms with van der Waals surface area (Å²) in [6, 6.07) is 9.72. The summed E-state index contributed by atoms with van der Waals surface area (Å²) in [6.45, 7) is 0.895. The second-order valence-corrected chi connectivity index (χ2v) is 5.82. The van der Waals surface area contributed by atoms with Crippen LogP contribution >= 0.6 is 7.29 Å². The van der Waals surface area contributed by atoms with Crippen LogP contribution in [0.3, 0.4) is 0 Å². The van der Waals surface area contributed by atoms with Crippen LogP contribution in [0.5, 0.6) is 0 Å². The highest BCUT2D eigenvalue weighted by atomic mass is 31.2. The van der Waals surface area contributed by atoms with Gasteiger partial charge in [-0.2, -0.15) is 0 Å². The van der Waals surface area contributed by atoms with Crippen LogP contribution in [-0.2, 0) is 4.57 Å². The van der Waals surface area contributed by atoms with Crippen molar-refractivity contribution < 1.29 is 4.57 Å². The van der Waals surface area contributed by atoms with Crippen molar-refractivity contribution in [2.24, 2.45) is 0 Å². The van der Waals surface area contributed by atoms with Crippen LogP contribution in [0.2, 0.25) is 0 Å².